The SMILES string of the molecule is CCCCC(C(=O)O)N1CCC(CC)(CC)C1. The van der Waals surface area contributed by atoms with Gasteiger partial charge in [-0.15, -0.1) is 0 Å². The fourth-order valence-corrected chi connectivity index (χ4v) is 2.92. The first-order valence-electron chi connectivity index (χ1n) is 7.05. The molecule has 0 aromatic carbocycles. The molecule has 0 spiro atoms. The summed E-state index contributed by atoms with van der Waals surface area (Å²) in [7, 11) is 0. The van der Waals surface area contributed by atoms with E-state index in [0.717, 1.165) is 38.8 Å². The fraction of sp³-hybridized carbons (Fsp3) is 0.929. The van der Waals surface area contributed by atoms with Gasteiger partial charge in [0.15, 0.2) is 0 Å². The van der Waals surface area contributed by atoms with Crippen molar-refractivity contribution in [3.05, 3.63) is 0 Å². The zero-order valence-electron chi connectivity index (χ0n) is 11.5. The van der Waals surface area contributed by atoms with Crippen molar-refractivity contribution >= 4 is 5.97 Å². The standard InChI is InChI=1S/C14H27NO2/c1-4-7-8-12(13(16)17)15-10-9-14(5-2,6-3)11-15/h12H,4-11H2,1-3H3,(H,16,17). The average Bonchev–Trinajstić information content (AvgIpc) is 2.74. The van der Waals surface area contributed by atoms with E-state index in [0.29, 0.717) is 5.41 Å². The zero-order valence-corrected chi connectivity index (χ0v) is 11.5. The summed E-state index contributed by atoms with van der Waals surface area (Å²) < 4.78 is 0. The Bertz CT molecular complexity index is 249. The van der Waals surface area contributed by atoms with Gasteiger partial charge in [0.2, 0.25) is 0 Å². The molecule has 3 nitrogen and oxygen atoms in total. The van der Waals surface area contributed by atoms with Crippen LogP contribution in [-0.4, -0.2) is 35.1 Å². The number of hydrogen-bond acceptors (Lipinski definition) is 2. The van der Waals surface area contributed by atoms with E-state index in [4.69, 9.17) is 0 Å². The second kappa shape index (κ2) is 6.39. The highest BCUT2D eigenvalue weighted by atomic mass is 16.4. The van der Waals surface area contributed by atoms with Crippen LogP contribution in [0.5, 0.6) is 0 Å². The number of aliphatic carboxylic acids is 1. The van der Waals surface area contributed by atoms with Crippen LogP contribution in [0.3, 0.4) is 0 Å². The summed E-state index contributed by atoms with van der Waals surface area (Å²) in [5.41, 5.74) is 0.375. The lowest BCUT2D eigenvalue weighted by Gasteiger charge is -2.29. The minimum atomic E-state index is -0.638. The highest BCUT2D eigenvalue weighted by molar-refractivity contribution is 5.73. The first-order chi connectivity index (χ1) is 8.08. The van der Waals surface area contributed by atoms with Crippen molar-refractivity contribution in [2.75, 3.05) is 13.1 Å². The van der Waals surface area contributed by atoms with Crippen LogP contribution in [0.25, 0.3) is 0 Å². The van der Waals surface area contributed by atoms with Gasteiger partial charge in [-0.2, -0.15) is 0 Å². The molecule has 1 saturated heterocycles. The molecule has 3 heteroatoms. The van der Waals surface area contributed by atoms with Gasteiger partial charge in [0.1, 0.15) is 6.04 Å². The summed E-state index contributed by atoms with van der Waals surface area (Å²) in [6.45, 7) is 8.51. The minimum Gasteiger partial charge on any atom is -0.480 e. The van der Waals surface area contributed by atoms with Crippen molar-refractivity contribution in [3.8, 4) is 0 Å². The minimum absolute atomic E-state index is 0.255. The smallest absolute Gasteiger partial charge is 0.320 e. The Balaban J connectivity index is 2.62. The van der Waals surface area contributed by atoms with Crippen molar-refractivity contribution < 1.29 is 9.90 Å². The lowest BCUT2D eigenvalue weighted by Crippen LogP contribution is -2.41. The molecule has 0 bridgehead atoms. The third-order valence-electron chi connectivity index (χ3n) is 4.52. The van der Waals surface area contributed by atoms with Gasteiger partial charge in [0.25, 0.3) is 0 Å². The maximum atomic E-state index is 11.3. The molecule has 0 aromatic heterocycles. The molecule has 1 N–H and O–H groups in total. The number of carboxylic acid groups (broad SMARTS) is 1. The molecule has 0 aromatic rings. The molecular formula is C14H27NO2. The molecule has 1 fully saturated rings. The molecule has 1 aliphatic heterocycles. The molecule has 1 aliphatic rings. The Morgan fingerprint density at radius 3 is 2.41 bits per heavy atom. The van der Waals surface area contributed by atoms with Gasteiger partial charge in [-0.25, -0.2) is 0 Å². The Labute approximate surface area is 105 Å². The van der Waals surface area contributed by atoms with Crippen LogP contribution in [0, 0.1) is 5.41 Å². The van der Waals surface area contributed by atoms with E-state index in [1.165, 1.54) is 12.8 Å². The number of hydrogen-bond donors (Lipinski definition) is 1. The summed E-state index contributed by atoms with van der Waals surface area (Å²) in [6.07, 6.45) is 6.38. The van der Waals surface area contributed by atoms with Crippen LogP contribution in [0.2, 0.25) is 0 Å². The Morgan fingerprint density at radius 2 is 2.00 bits per heavy atom. The van der Waals surface area contributed by atoms with Crippen LogP contribution in [0.4, 0.5) is 0 Å². The van der Waals surface area contributed by atoms with Crippen LogP contribution < -0.4 is 0 Å². The highest BCUT2D eigenvalue weighted by Crippen LogP contribution is 2.38. The molecule has 17 heavy (non-hydrogen) atoms. The van der Waals surface area contributed by atoms with E-state index in [-0.39, 0.29) is 6.04 Å². The molecule has 1 rings (SSSR count). The highest BCUT2D eigenvalue weighted by Gasteiger charge is 2.39. The Kier molecular flexibility index (Phi) is 5.44. The normalized spacial score (nSPS) is 21.6. The Hall–Kier alpha value is -0.570. The second-order valence-corrected chi connectivity index (χ2v) is 5.42. The van der Waals surface area contributed by atoms with Crippen molar-refractivity contribution in [1.29, 1.82) is 0 Å². The topological polar surface area (TPSA) is 40.5 Å². The number of likely N-dealkylation sites (tertiary alicyclic amines) is 1. The molecule has 0 saturated carbocycles. The van der Waals surface area contributed by atoms with Gasteiger partial charge in [-0.3, -0.25) is 9.69 Å². The summed E-state index contributed by atoms with van der Waals surface area (Å²) in [6, 6.07) is -0.255. The lowest BCUT2D eigenvalue weighted by atomic mass is 9.82. The van der Waals surface area contributed by atoms with Crippen LogP contribution in [-0.2, 0) is 4.79 Å². The lowest BCUT2D eigenvalue weighted by molar-refractivity contribution is -0.143. The van der Waals surface area contributed by atoms with Gasteiger partial charge >= 0.3 is 5.97 Å². The van der Waals surface area contributed by atoms with E-state index >= 15 is 0 Å². The van der Waals surface area contributed by atoms with Gasteiger partial charge in [-0.05, 0) is 37.6 Å². The molecule has 100 valence electrons. The monoisotopic (exact) mass is 241 g/mol. The van der Waals surface area contributed by atoms with Crippen LogP contribution in [0.1, 0.15) is 59.3 Å². The summed E-state index contributed by atoms with van der Waals surface area (Å²) in [5.74, 6) is -0.638. The maximum Gasteiger partial charge on any atom is 0.320 e. The van der Waals surface area contributed by atoms with Gasteiger partial charge in [-0.1, -0.05) is 33.6 Å². The fourth-order valence-electron chi connectivity index (χ4n) is 2.92. The third kappa shape index (κ3) is 3.44. The summed E-state index contributed by atoms with van der Waals surface area (Å²) in [5, 5.41) is 9.33. The van der Waals surface area contributed by atoms with E-state index < -0.39 is 5.97 Å². The van der Waals surface area contributed by atoms with Gasteiger partial charge in [0.05, 0.1) is 0 Å². The van der Waals surface area contributed by atoms with Gasteiger partial charge in [0, 0.05) is 6.54 Å². The molecule has 0 radical (unpaired) electrons. The van der Waals surface area contributed by atoms with E-state index in [1.54, 1.807) is 0 Å². The molecular weight excluding hydrogens is 214 g/mol. The Morgan fingerprint density at radius 1 is 1.35 bits per heavy atom. The number of rotatable bonds is 7. The molecule has 0 amide bonds. The molecule has 0 aliphatic carbocycles. The van der Waals surface area contributed by atoms with E-state index in [2.05, 4.69) is 25.7 Å². The maximum absolute atomic E-state index is 11.3. The van der Waals surface area contributed by atoms with Crippen LogP contribution in [0.15, 0.2) is 0 Å². The van der Waals surface area contributed by atoms with Crippen molar-refractivity contribution in [2.45, 2.75) is 65.3 Å². The number of carbonyl (C=O) groups is 1. The van der Waals surface area contributed by atoms with Crippen molar-refractivity contribution in [1.82, 2.24) is 4.90 Å². The van der Waals surface area contributed by atoms with Crippen molar-refractivity contribution in [2.24, 2.45) is 5.41 Å². The first-order valence-corrected chi connectivity index (χ1v) is 7.05. The predicted octanol–water partition coefficient (Wildman–Crippen LogP) is 3.14. The quantitative estimate of drug-likeness (QED) is 0.744. The zero-order chi connectivity index (χ0) is 12.9. The second-order valence-electron chi connectivity index (χ2n) is 5.42. The van der Waals surface area contributed by atoms with Crippen LogP contribution >= 0.6 is 0 Å². The predicted molar refractivity (Wildman–Crippen MR) is 70.2 cm³/mol. The van der Waals surface area contributed by atoms with Crippen molar-refractivity contribution in [3.63, 3.8) is 0 Å². The first kappa shape index (κ1) is 14.5. The molecule has 1 atom stereocenters. The molecule has 1 unspecified atom stereocenters. The number of nitrogens with zero attached hydrogens (tertiary/aromatic N) is 1. The number of carboxylic acids is 1. The number of unbranched alkanes of at least 4 members (excludes halogenated alkanes) is 1. The third-order valence-corrected chi connectivity index (χ3v) is 4.52. The van der Waals surface area contributed by atoms with E-state index in [1.807, 2.05) is 0 Å². The molecule has 1 heterocycles. The average molecular weight is 241 g/mol. The summed E-state index contributed by atoms with van der Waals surface area (Å²) in [4.78, 5) is 13.5. The van der Waals surface area contributed by atoms with E-state index in [9.17, 15) is 9.90 Å². The summed E-state index contributed by atoms with van der Waals surface area (Å²) >= 11 is 0. The largest absolute Gasteiger partial charge is 0.480 e. The van der Waals surface area contributed by atoms with Gasteiger partial charge < -0.3 is 5.11 Å².